The molecule has 3 heterocycles. The summed E-state index contributed by atoms with van der Waals surface area (Å²) in [5, 5.41) is 11.3. The minimum Gasteiger partial charge on any atom is -0.386 e. The number of aromatic nitrogens is 3. The molecule has 0 aromatic carbocycles. The van der Waals surface area contributed by atoms with Gasteiger partial charge in [-0.15, -0.1) is 0 Å². The Morgan fingerprint density at radius 3 is 2.96 bits per heavy atom. The van der Waals surface area contributed by atoms with Crippen LogP contribution >= 0.6 is 11.6 Å². The van der Waals surface area contributed by atoms with Crippen molar-refractivity contribution in [3.8, 4) is 0 Å². The SMILES string of the molecule is Cc1[nH]cnc1C(O)C1CCc2c(C)c3cc(Cl)ccn3c2C1=O. The molecular formula is C18H18ClN3O2. The first-order chi connectivity index (χ1) is 11.5. The van der Waals surface area contributed by atoms with Crippen molar-refractivity contribution in [2.75, 3.05) is 0 Å². The lowest BCUT2D eigenvalue weighted by Gasteiger charge is -2.25. The molecule has 0 fully saturated rings. The van der Waals surface area contributed by atoms with E-state index in [-0.39, 0.29) is 5.78 Å². The molecule has 0 amide bonds. The van der Waals surface area contributed by atoms with Crippen molar-refractivity contribution in [3.63, 3.8) is 0 Å². The molecule has 1 aliphatic rings. The quantitative estimate of drug-likeness (QED) is 0.749. The standard InChI is InChI=1S/C18H18ClN3O2/c1-9-12-3-4-13(17(23)15-10(2)20-8-21-15)18(24)16(12)22-6-5-11(19)7-14(9)22/h5-8,13,17,23H,3-4H2,1-2H3,(H,20,21). The van der Waals surface area contributed by atoms with Crippen LogP contribution in [0.5, 0.6) is 0 Å². The highest BCUT2D eigenvalue weighted by Crippen LogP contribution is 2.38. The number of ketones is 1. The predicted octanol–water partition coefficient (Wildman–Crippen LogP) is 3.41. The Bertz CT molecular complexity index is 957. The number of Topliss-reactive ketones (excluding diaryl/α,β-unsaturated/α-hetero) is 1. The number of carbonyl (C=O) groups excluding carboxylic acids is 1. The molecule has 0 aliphatic heterocycles. The molecule has 24 heavy (non-hydrogen) atoms. The van der Waals surface area contributed by atoms with E-state index in [1.54, 1.807) is 12.4 Å². The van der Waals surface area contributed by atoms with E-state index >= 15 is 0 Å². The molecule has 0 bridgehead atoms. The Kier molecular flexibility index (Phi) is 3.51. The van der Waals surface area contributed by atoms with Gasteiger partial charge in [-0.25, -0.2) is 4.98 Å². The first-order valence-corrected chi connectivity index (χ1v) is 8.38. The van der Waals surface area contributed by atoms with Crippen molar-refractivity contribution in [3.05, 3.63) is 57.9 Å². The van der Waals surface area contributed by atoms with Crippen molar-refractivity contribution in [1.82, 2.24) is 14.4 Å². The maximum Gasteiger partial charge on any atom is 0.185 e. The minimum absolute atomic E-state index is 0.0310. The largest absolute Gasteiger partial charge is 0.386 e. The summed E-state index contributed by atoms with van der Waals surface area (Å²) in [6.45, 7) is 3.87. The number of fused-ring (bicyclic) bond motifs is 3. The van der Waals surface area contributed by atoms with Crippen LogP contribution in [0.3, 0.4) is 0 Å². The van der Waals surface area contributed by atoms with E-state index in [0.717, 1.165) is 28.8 Å². The average Bonchev–Trinajstić information content (AvgIpc) is 3.10. The van der Waals surface area contributed by atoms with Gasteiger partial charge in [0, 0.05) is 16.9 Å². The van der Waals surface area contributed by atoms with Gasteiger partial charge in [-0.3, -0.25) is 4.79 Å². The molecule has 2 unspecified atom stereocenters. The molecule has 2 N–H and O–H groups in total. The maximum atomic E-state index is 13.1. The zero-order valence-corrected chi connectivity index (χ0v) is 14.3. The van der Waals surface area contributed by atoms with Crippen LogP contribution in [-0.4, -0.2) is 25.3 Å². The molecule has 0 saturated carbocycles. The second-order valence-electron chi connectivity index (χ2n) is 6.42. The van der Waals surface area contributed by atoms with Gasteiger partial charge in [0.05, 0.1) is 29.1 Å². The zero-order valence-electron chi connectivity index (χ0n) is 13.5. The maximum absolute atomic E-state index is 13.1. The number of aliphatic hydroxyl groups is 1. The van der Waals surface area contributed by atoms with E-state index in [0.29, 0.717) is 22.8 Å². The molecule has 124 valence electrons. The van der Waals surface area contributed by atoms with Gasteiger partial charge in [-0.1, -0.05) is 11.6 Å². The van der Waals surface area contributed by atoms with E-state index in [4.69, 9.17) is 11.6 Å². The fraction of sp³-hybridized carbons (Fsp3) is 0.333. The normalized spacial score (nSPS) is 18.8. The molecule has 5 nitrogen and oxygen atoms in total. The summed E-state index contributed by atoms with van der Waals surface area (Å²) in [4.78, 5) is 20.3. The number of nitrogens with one attached hydrogen (secondary N) is 1. The summed E-state index contributed by atoms with van der Waals surface area (Å²) >= 11 is 6.10. The highest BCUT2D eigenvalue weighted by molar-refractivity contribution is 6.31. The van der Waals surface area contributed by atoms with Gasteiger partial charge in [0.25, 0.3) is 0 Å². The molecule has 3 aromatic rings. The Balaban J connectivity index is 1.81. The Labute approximate surface area is 144 Å². The lowest BCUT2D eigenvalue weighted by molar-refractivity contribution is 0.0617. The van der Waals surface area contributed by atoms with Crippen LogP contribution in [0.25, 0.3) is 5.52 Å². The number of aliphatic hydroxyl groups excluding tert-OH is 1. The minimum atomic E-state index is -0.893. The fourth-order valence-corrected chi connectivity index (χ4v) is 3.93. The molecular weight excluding hydrogens is 326 g/mol. The van der Waals surface area contributed by atoms with Crippen LogP contribution in [0.2, 0.25) is 5.02 Å². The highest BCUT2D eigenvalue weighted by Gasteiger charge is 2.37. The number of aromatic amines is 1. The van der Waals surface area contributed by atoms with Gasteiger partial charge in [0.2, 0.25) is 0 Å². The van der Waals surface area contributed by atoms with Crippen LogP contribution in [0, 0.1) is 19.8 Å². The molecule has 3 aromatic heterocycles. The second-order valence-corrected chi connectivity index (χ2v) is 6.86. The number of aryl methyl sites for hydroxylation is 2. The Hall–Kier alpha value is -2.11. The summed E-state index contributed by atoms with van der Waals surface area (Å²) in [6.07, 6.45) is 3.86. The van der Waals surface area contributed by atoms with Gasteiger partial charge < -0.3 is 14.5 Å². The van der Waals surface area contributed by atoms with Crippen molar-refractivity contribution in [1.29, 1.82) is 0 Å². The van der Waals surface area contributed by atoms with E-state index in [9.17, 15) is 9.90 Å². The number of rotatable bonds is 2. The number of hydrogen-bond donors (Lipinski definition) is 2. The molecule has 0 radical (unpaired) electrons. The number of hydrogen-bond acceptors (Lipinski definition) is 3. The first kappa shape index (κ1) is 15.4. The van der Waals surface area contributed by atoms with Crippen molar-refractivity contribution >= 4 is 22.9 Å². The highest BCUT2D eigenvalue weighted by atomic mass is 35.5. The van der Waals surface area contributed by atoms with Crippen LogP contribution in [-0.2, 0) is 6.42 Å². The number of halogens is 1. The second kappa shape index (κ2) is 5.46. The number of nitrogens with zero attached hydrogens (tertiary/aromatic N) is 2. The summed E-state index contributed by atoms with van der Waals surface area (Å²) < 4.78 is 1.90. The topological polar surface area (TPSA) is 70.4 Å². The molecule has 0 spiro atoms. The van der Waals surface area contributed by atoms with Crippen molar-refractivity contribution < 1.29 is 9.90 Å². The number of imidazole rings is 1. The van der Waals surface area contributed by atoms with Gasteiger partial charge in [-0.2, -0.15) is 0 Å². The van der Waals surface area contributed by atoms with Gasteiger partial charge in [-0.05, 0) is 49.9 Å². The van der Waals surface area contributed by atoms with Crippen molar-refractivity contribution in [2.24, 2.45) is 5.92 Å². The monoisotopic (exact) mass is 343 g/mol. The third kappa shape index (κ3) is 2.12. The summed E-state index contributed by atoms with van der Waals surface area (Å²) in [6, 6.07) is 3.66. The number of H-pyrrole nitrogens is 1. The first-order valence-electron chi connectivity index (χ1n) is 8.00. The van der Waals surface area contributed by atoms with Crippen LogP contribution in [0.1, 0.15) is 45.5 Å². The molecule has 6 heteroatoms. The summed E-state index contributed by atoms with van der Waals surface area (Å²) in [5.41, 5.74) is 5.12. The Morgan fingerprint density at radius 1 is 1.46 bits per heavy atom. The van der Waals surface area contributed by atoms with E-state index in [2.05, 4.69) is 9.97 Å². The molecule has 2 atom stereocenters. The molecule has 0 saturated heterocycles. The van der Waals surface area contributed by atoms with Crippen LogP contribution in [0.15, 0.2) is 24.7 Å². The van der Waals surface area contributed by atoms with Crippen LogP contribution in [0.4, 0.5) is 0 Å². The van der Waals surface area contributed by atoms with Gasteiger partial charge in [0.15, 0.2) is 5.78 Å². The average molecular weight is 344 g/mol. The number of pyridine rings is 1. The van der Waals surface area contributed by atoms with E-state index < -0.39 is 12.0 Å². The van der Waals surface area contributed by atoms with Gasteiger partial charge in [0.1, 0.15) is 6.10 Å². The third-order valence-electron chi connectivity index (χ3n) is 5.09. The van der Waals surface area contributed by atoms with E-state index in [1.165, 1.54) is 0 Å². The third-order valence-corrected chi connectivity index (χ3v) is 5.32. The predicted molar refractivity (Wildman–Crippen MR) is 91.6 cm³/mol. The lowest BCUT2D eigenvalue weighted by Crippen LogP contribution is -2.29. The molecule has 1 aliphatic carbocycles. The smallest absolute Gasteiger partial charge is 0.185 e. The lowest BCUT2D eigenvalue weighted by atomic mass is 9.81. The summed E-state index contributed by atoms with van der Waals surface area (Å²) in [7, 11) is 0. The van der Waals surface area contributed by atoms with Crippen molar-refractivity contribution in [2.45, 2.75) is 32.8 Å². The number of carbonyl (C=O) groups is 1. The fourth-order valence-electron chi connectivity index (χ4n) is 3.78. The summed E-state index contributed by atoms with van der Waals surface area (Å²) in [5.74, 6) is -0.510. The van der Waals surface area contributed by atoms with E-state index in [1.807, 2.05) is 30.5 Å². The molecule has 4 rings (SSSR count). The Morgan fingerprint density at radius 2 is 2.25 bits per heavy atom. The zero-order chi connectivity index (χ0) is 17.0. The van der Waals surface area contributed by atoms with Crippen LogP contribution < -0.4 is 0 Å². The van der Waals surface area contributed by atoms with Gasteiger partial charge >= 0.3 is 0 Å².